The zero-order chi connectivity index (χ0) is 40.7. The second-order valence-corrected chi connectivity index (χ2v) is 15.4. The van der Waals surface area contributed by atoms with Crippen LogP contribution >= 0.6 is 0 Å². The second kappa shape index (κ2) is 21.0. The first-order chi connectivity index (χ1) is 26.7. The van der Waals surface area contributed by atoms with Gasteiger partial charge in [-0.2, -0.15) is 0 Å². The highest BCUT2D eigenvalue weighted by Gasteiger charge is 2.29. The number of nitrogens with zero attached hydrogens (tertiary/aromatic N) is 4. The molecule has 1 aliphatic rings. The van der Waals surface area contributed by atoms with E-state index in [1.54, 1.807) is 23.6 Å². The van der Waals surface area contributed by atoms with E-state index in [0.717, 1.165) is 42.5 Å². The Morgan fingerprint density at radius 1 is 0.875 bits per heavy atom. The highest BCUT2D eigenvalue weighted by Crippen LogP contribution is 2.41. The quantitative estimate of drug-likeness (QED) is 0.106. The Hall–Kier alpha value is -4.66. The molecule has 306 valence electrons. The monoisotopic (exact) mass is 775 g/mol. The van der Waals surface area contributed by atoms with Crippen LogP contribution in [0.1, 0.15) is 92.1 Å². The van der Waals surface area contributed by atoms with Crippen molar-refractivity contribution >= 4 is 29.4 Å². The van der Waals surface area contributed by atoms with Crippen LogP contribution in [0.15, 0.2) is 48.5 Å². The lowest BCUT2D eigenvalue weighted by atomic mass is 9.95. The summed E-state index contributed by atoms with van der Waals surface area (Å²) in [5.41, 5.74) is 3.84. The molecule has 1 atom stereocenters. The molecule has 0 saturated heterocycles. The molecule has 0 bridgehead atoms. The van der Waals surface area contributed by atoms with E-state index in [2.05, 4.69) is 26.3 Å². The molecule has 14 nitrogen and oxygen atoms in total. The topological polar surface area (TPSA) is 166 Å². The maximum Gasteiger partial charge on any atom is 0.407 e. The summed E-state index contributed by atoms with van der Waals surface area (Å²) in [4.78, 5) is 52.8. The van der Waals surface area contributed by atoms with Gasteiger partial charge in [-0.1, -0.05) is 54.6 Å². The van der Waals surface area contributed by atoms with Crippen molar-refractivity contribution in [1.29, 1.82) is 0 Å². The maximum absolute atomic E-state index is 14.0. The summed E-state index contributed by atoms with van der Waals surface area (Å²) in [6.07, 6.45) is 3.36. The highest BCUT2D eigenvalue weighted by molar-refractivity contribution is 6.00. The molecule has 1 unspecified atom stereocenters. The van der Waals surface area contributed by atoms with E-state index < -0.39 is 11.7 Å². The van der Waals surface area contributed by atoms with Crippen molar-refractivity contribution in [3.8, 4) is 22.5 Å². The number of amides is 3. The number of methoxy groups -OCH3 is 1. The molecule has 56 heavy (non-hydrogen) atoms. The Morgan fingerprint density at radius 2 is 1.61 bits per heavy atom. The first-order valence-electron chi connectivity index (χ1n) is 19.8. The standard InChI is InChI=1S/C42H61N7O7/c1-8-43-34(30(2)50)18-13-14-24-45-40(53)55-28-26-49-39-33-17-11-12-19-35(33)48(29-31-15-9-10-16-32(31)38(39)46-47-49)37(52)21-25-44-36(51)20-22-42(5,6)56-27-23-41(3,4)54-7/h9-12,15-17,19,34,43H,8,13-14,18,20-29H2,1-7H3,(H,44,51)(H,45,53). The molecule has 0 spiro atoms. The normalized spacial score (nSPS) is 13.1. The molecule has 4 rings (SSSR count). The van der Waals surface area contributed by atoms with Crippen LogP contribution in [-0.4, -0.2) is 95.9 Å². The number of rotatable bonds is 22. The number of carbonyl (C=O) groups is 4. The number of carbonyl (C=O) groups excluding carboxylic acids is 4. The van der Waals surface area contributed by atoms with Gasteiger partial charge in [-0.15, -0.1) is 5.10 Å². The average molecular weight is 776 g/mol. The third-order valence-electron chi connectivity index (χ3n) is 10.1. The summed E-state index contributed by atoms with van der Waals surface area (Å²) >= 11 is 0. The van der Waals surface area contributed by atoms with Gasteiger partial charge in [-0.3, -0.25) is 14.4 Å². The summed E-state index contributed by atoms with van der Waals surface area (Å²) in [6.45, 7) is 14.0. The Balaban J connectivity index is 1.37. The number of unbranched alkanes of at least 4 members (excludes halogenated alkanes) is 1. The van der Waals surface area contributed by atoms with Gasteiger partial charge in [0.25, 0.3) is 0 Å². The molecular formula is C42H61N7O7. The Bertz CT molecular complexity index is 1770. The van der Waals surface area contributed by atoms with Crippen LogP contribution in [0.25, 0.3) is 22.5 Å². The lowest BCUT2D eigenvalue weighted by Crippen LogP contribution is -2.36. The fourth-order valence-electron chi connectivity index (χ4n) is 6.52. The molecule has 0 radical (unpaired) electrons. The zero-order valence-electron chi connectivity index (χ0n) is 34.2. The third-order valence-corrected chi connectivity index (χ3v) is 10.1. The maximum atomic E-state index is 14.0. The number of anilines is 1. The number of nitrogens with one attached hydrogen (secondary N) is 3. The van der Waals surface area contributed by atoms with Crippen LogP contribution in [0.2, 0.25) is 0 Å². The molecule has 0 aliphatic carbocycles. The van der Waals surface area contributed by atoms with Crippen molar-refractivity contribution in [3.63, 3.8) is 0 Å². The van der Waals surface area contributed by atoms with Gasteiger partial charge in [0.15, 0.2) is 0 Å². The van der Waals surface area contributed by atoms with Crippen molar-refractivity contribution in [1.82, 2.24) is 30.9 Å². The number of benzene rings is 2. The molecule has 14 heteroatoms. The van der Waals surface area contributed by atoms with Gasteiger partial charge < -0.3 is 35.1 Å². The minimum absolute atomic E-state index is 0.0515. The molecule has 1 aromatic heterocycles. The van der Waals surface area contributed by atoms with Crippen molar-refractivity contribution < 1.29 is 33.4 Å². The molecule has 0 saturated carbocycles. The van der Waals surface area contributed by atoms with Gasteiger partial charge in [0.1, 0.15) is 18.1 Å². The number of fused-ring (bicyclic) bond motifs is 5. The average Bonchev–Trinajstić information content (AvgIpc) is 3.57. The van der Waals surface area contributed by atoms with Crippen molar-refractivity contribution in [2.45, 2.75) is 117 Å². The number of hydrogen-bond acceptors (Lipinski definition) is 10. The van der Waals surface area contributed by atoms with Crippen LogP contribution in [-0.2, 0) is 41.7 Å². The fraction of sp³-hybridized carbons (Fsp3) is 0.571. The van der Waals surface area contributed by atoms with Crippen LogP contribution < -0.4 is 20.9 Å². The number of hydrogen-bond donors (Lipinski definition) is 3. The second-order valence-electron chi connectivity index (χ2n) is 15.4. The number of ketones is 1. The Labute approximate surface area is 331 Å². The summed E-state index contributed by atoms with van der Waals surface area (Å²) in [5, 5.41) is 17.9. The Kier molecular flexibility index (Phi) is 16.5. The van der Waals surface area contributed by atoms with Crippen molar-refractivity contribution in [3.05, 3.63) is 54.1 Å². The molecule has 0 fully saturated rings. The molecule has 2 heterocycles. The van der Waals surface area contributed by atoms with Gasteiger partial charge in [0.05, 0.1) is 48.3 Å². The van der Waals surface area contributed by atoms with Gasteiger partial charge in [0, 0.05) is 44.2 Å². The molecule has 3 amide bonds. The number of Topliss-reactive ketones (excluding diaryl/α,β-unsaturated/α-hetero) is 1. The predicted molar refractivity (Wildman–Crippen MR) is 216 cm³/mol. The lowest BCUT2D eigenvalue weighted by molar-refractivity contribution is -0.123. The van der Waals surface area contributed by atoms with E-state index in [-0.39, 0.29) is 61.8 Å². The highest BCUT2D eigenvalue weighted by atomic mass is 16.5. The van der Waals surface area contributed by atoms with E-state index >= 15 is 0 Å². The molecule has 3 N–H and O–H groups in total. The van der Waals surface area contributed by atoms with Crippen LogP contribution in [0.5, 0.6) is 0 Å². The van der Waals surface area contributed by atoms with Gasteiger partial charge in [0.2, 0.25) is 11.8 Å². The largest absolute Gasteiger partial charge is 0.448 e. The first kappa shape index (κ1) is 44.1. The van der Waals surface area contributed by atoms with Gasteiger partial charge >= 0.3 is 6.09 Å². The number of ether oxygens (including phenoxy) is 3. The van der Waals surface area contributed by atoms with E-state index in [1.165, 1.54) is 0 Å². The Morgan fingerprint density at radius 3 is 2.34 bits per heavy atom. The smallest absolute Gasteiger partial charge is 0.407 e. The van der Waals surface area contributed by atoms with Crippen LogP contribution in [0.4, 0.5) is 10.5 Å². The summed E-state index contributed by atoms with van der Waals surface area (Å²) in [6, 6.07) is 15.3. The number of para-hydroxylation sites is 1. The predicted octanol–water partition coefficient (Wildman–Crippen LogP) is 5.82. The SMILES string of the molecule is CCNC(CCCCNC(=O)OCCn1nnc2c1-c1ccccc1N(C(=O)CCNC(=O)CCC(C)(C)OCCC(C)(C)OC)Cc1ccccc1-2)C(C)=O. The van der Waals surface area contributed by atoms with E-state index in [0.29, 0.717) is 49.6 Å². The molecule has 3 aromatic rings. The molecular weight excluding hydrogens is 715 g/mol. The number of likely N-dealkylation sites (N-methyl/N-ethyl adjacent to an activating group) is 1. The van der Waals surface area contributed by atoms with E-state index in [9.17, 15) is 19.2 Å². The molecule has 2 aromatic carbocycles. The van der Waals surface area contributed by atoms with Crippen LogP contribution in [0, 0.1) is 0 Å². The summed E-state index contributed by atoms with van der Waals surface area (Å²) in [5.74, 6) is -0.162. The lowest BCUT2D eigenvalue weighted by Gasteiger charge is -2.29. The summed E-state index contributed by atoms with van der Waals surface area (Å²) < 4.78 is 18.7. The van der Waals surface area contributed by atoms with Crippen molar-refractivity contribution in [2.75, 3.05) is 44.9 Å². The van der Waals surface area contributed by atoms with Crippen LogP contribution in [0.3, 0.4) is 0 Å². The van der Waals surface area contributed by atoms with E-state index in [4.69, 9.17) is 14.2 Å². The fourth-order valence-corrected chi connectivity index (χ4v) is 6.52. The van der Waals surface area contributed by atoms with Crippen molar-refractivity contribution in [2.24, 2.45) is 0 Å². The number of alkyl carbamates (subject to hydrolysis) is 1. The number of aromatic nitrogens is 3. The first-order valence-corrected chi connectivity index (χ1v) is 19.8. The van der Waals surface area contributed by atoms with E-state index in [1.807, 2.05) is 83.1 Å². The zero-order valence-corrected chi connectivity index (χ0v) is 34.2. The minimum Gasteiger partial charge on any atom is -0.448 e. The third kappa shape index (κ3) is 13.0. The van der Waals surface area contributed by atoms with Gasteiger partial charge in [-0.05, 0) is 84.9 Å². The molecule has 1 aliphatic heterocycles. The van der Waals surface area contributed by atoms with Gasteiger partial charge in [-0.25, -0.2) is 9.48 Å². The minimum atomic E-state index is -0.531. The summed E-state index contributed by atoms with van der Waals surface area (Å²) in [7, 11) is 1.68.